The van der Waals surface area contributed by atoms with Crippen LogP contribution in [-0.4, -0.2) is 54.9 Å². The number of fused-ring (bicyclic) bond motifs is 1. The third-order valence-electron chi connectivity index (χ3n) is 5.85. The average Bonchev–Trinajstić information content (AvgIpc) is 2.90. The van der Waals surface area contributed by atoms with Gasteiger partial charge in [0.05, 0.1) is 41.1 Å². The highest BCUT2D eigenvalue weighted by molar-refractivity contribution is 5.97. The number of nitroso groups, excluding NO2 is 1. The van der Waals surface area contributed by atoms with Crippen molar-refractivity contribution in [3.63, 3.8) is 0 Å². The zero-order valence-corrected chi connectivity index (χ0v) is 19.2. The van der Waals surface area contributed by atoms with Crippen molar-refractivity contribution in [2.75, 3.05) is 39.6 Å². The minimum atomic E-state index is 0.270. The van der Waals surface area contributed by atoms with Crippen LogP contribution in [0.15, 0.2) is 63.9 Å². The van der Waals surface area contributed by atoms with Gasteiger partial charge in [-0.15, -0.1) is 0 Å². The van der Waals surface area contributed by atoms with Gasteiger partial charge in [0.1, 0.15) is 0 Å². The molecule has 0 atom stereocenters. The van der Waals surface area contributed by atoms with Gasteiger partial charge in [-0.1, -0.05) is 0 Å². The van der Waals surface area contributed by atoms with Crippen molar-refractivity contribution in [1.82, 2.24) is 15.2 Å². The summed E-state index contributed by atoms with van der Waals surface area (Å²) < 4.78 is 6.48. The lowest BCUT2D eigenvalue weighted by atomic mass is 10.0. The van der Waals surface area contributed by atoms with Crippen LogP contribution >= 0.6 is 0 Å². The molecule has 2 aliphatic heterocycles. The molecule has 0 saturated carbocycles. The molecule has 168 valence electrons. The van der Waals surface area contributed by atoms with E-state index in [4.69, 9.17) is 4.74 Å². The highest BCUT2D eigenvalue weighted by Gasteiger charge is 2.32. The maximum Gasteiger partial charge on any atom is 0.241 e. The van der Waals surface area contributed by atoms with Gasteiger partial charge in [-0.3, -0.25) is 4.98 Å². The fraction of sp³-hybridized carbons (Fsp3) is 0.417. The number of hydrogen-bond donors (Lipinski definition) is 2. The van der Waals surface area contributed by atoms with Gasteiger partial charge in [-0.2, -0.15) is 0 Å². The van der Waals surface area contributed by atoms with E-state index in [9.17, 15) is 4.91 Å². The number of rotatable bonds is 6. The van der Waals surface area contributed by atoms with Crippen molar-refractivity contribution in [2.45, 2.75) is 32.6 Å². The second-order valence-electron chi connectivity index (χ2n) is 8.58. The molecule has 1 aromatic heterocycles. The number of pyridine rings is 1. The highest BCUT2D eigenvalue weighted by atomic mass is 16.5. The molecule has 3 aliphatic rings. The third-order valence-corrected chi connectivity index (χ3v) is 5.85. The molecule has 0 radical (unpaired) electrons. The lowest BCUT2D eigenvalue weighted by Gasteiger charge is -2.19. The second kappa shape index (κ2) is 9.48. The van der Waals surface area contributed by atoms with Crippen LogP contribution in [0.1, 0.15) is 30.5 Å². The Labute approximate surface area is 189 Å². The fourth-order valence-corrected chi connectivity index (χ4v) is 4.01. The molecule has 0 spiro atoms. The minimum Gasteiger partial charge on any atom is -0.501 e. The monoisotopic (exact) mass is 435 g/mol. The van der Waals surface area contributed by atoms with E-state index in [0.717, 1.165) is 70.2 Å². The number of nitrogens with zero attached hydrogens (tertiary/aromatic N) is 4. The number of aryl methyl sites for hydroxylation is 2. The van der Waals surface area contributed by atoms with E-state index in [1.165, 1.54) is 5.56 Å². The normalized spacial score (nSPS) is 18.0. The molecule has 8 nitrogen and oxygen atoms in total. The predicted octanol–water partition coefficient (Wildman–Crippen LogP) is 3.39. The molecule has 32 heavy (non-hydrogen) atoms. The van der Waals surface area contributed by atoms with Crippen LogP contribution in [0.5, 0.6) is 0 Å². The van der Waals surface area contributed by atoms with Crippen LogP contribution in [0.2, 0.25) is 0 Å². The number of aliphatic imine (C=N–C) groups is 1. The van der Waals surface area contributed by atoms with Gasteiger partial charge in [0.2, 0.25) is 18.2 Å². The molecule has 0 bridgehead atoms. The van der Waals surface area contributed by atoms with Crippen molar-refractivity contribution in [2.24, 2.45) is 4.99 Å². The molecule has 0 unspecified atom stereocenters. The summed E-state index contributed by atoms with van der Waals surface area (Å²) in [7, 11) is 5.84. The van der Waals surface area contributed by atoms with E-state index in [-0.39, 0.29) is 6.54 Å². The molecule has 1 aliphatic carbocycles. The Kier molecular flexibility index (Phi) is 6.50. The van der Waals surface area contributed by atoms with Gasteiger partial charge < -0.3 is 20.3 Å². The van der Waals surface area contributed by atoms with E-state index in [2.05, 4.69) is 45.7 Å². The average molecular weight is 436 g/mol. The summed E-state index contributed by atoms with van der Waals surface area (Å²) in [4.78, 5) is 24.0. The molecular formula is C24H31N6O2+. The summed E-state index contributed by atoms with van der Waals surface area (Å²) in [6, 6.07) is 2.14. The van der Waals surface area contributed by atoms with Gasteiger partial charge in [-0.05, 0) is 64.2 Å². The highest BCUT2D eigenvalue weighted by Crippen LogP contribution is 2.31. The van der Waals surface area contributed by atoms with Gasteiger partial charge in [0.15, 0.2) is 0 Å². The first kappa shape index (κ1) is 22.0. The lowest BCUT2D eigenvalue weighted by molar-refractivity contribution is -0.493. The van der Waals surface area contributed by atoms with Crippen molar-refractivity contribution >= 4 is 11.6 Å². The Bertz CT molecular complexity index is 1080. The Balaban J connectivity index is 1.53. The predicted molar refractivity (Wildman–Crippen MR) is 126 cm³/mol. The molecule has 0 aromatic carbocycles. The molecule has 1 aromatic rings. The minimum absolute atomic E-state index is 0.270. The van der Waals surface area contributed by atoms with Gasteiger partial charge in [0, 0.05) is 34.9 Å². The Hall–Kier alpha value is -3.26. The number of anilines is 1. The van der Waals surface area contributed by atoms with E-state index in [1.807, 2.05) is 25.3 Å². The molecule has 3 heterocycles. The maximum atomic E-state index is 12.7. The van der Waals surface area contributed by atoms with E-state index < -0.39 is 0 Å². The SMILES string of the molecule is COC1=CC2=C(CC1)[N+](=O)CC1=CN=C(Nc3cc(CCCN(C)C)cnc3C)NC1=C2. The smallest absolute Gasteiger partial charge is 0.241 e. The topological polar surface area (TPSA) is 81.9 Å². The van der Waals surface area contributed by atoms with E-state index in [1.54, 1.807) is 13.3 Å². The van der Waals surface area contributed by atoms with E-state index >= 15 is 0 Å². The molecule has 0 fully saturated rings. The molecule has 8 heteroatoms. The number of ether oxygens (including phenoxy) is 1. The standard InChI is InChI=1S/C24H31N6O2/c1-16-21(10-17(13-25-16)6-5-9-29(2)3)27-24-26-14-19-15-30(31)23-8-7-20(32-4)11-18(23)12-22(19)28-24/h10-14H,5-9,15H2,1-4H3,(H2,26,27,28)/q+1. The van der Waals surface area contributed by atoms with Crippen molar-refractivity contribution in [3.05, 3.63) is 75.1 Å². The first-order valence-corrected chi connectivity index (χ1v) is 11.0. The van der Waals surface area contributed by atoms with Gasteiger partial charge in [-0.25, -0.2) is 4.99 Å². The zero-order valence-electron chi connectivity index (χ0n) is 19.2. The first-order chi connectivity index (χ1) is 15.4. The van der Waals surface area contributed by atoms with Crippen LogP contribution in [0.4, 0.5) is 5.69 Å². The fourth-order valence-electron chi connectivity index (χ4n) is 4.01. The van der Waals surface area contributed by atoms with Crippen molar-refractivity contribution in [1.29, 1.82) is 0 Å². The number of hydrogen-bond acceptors (Lipinski definition) is 7. The van der Waals surface area contributed by atoms with Crippen LogP contribution in [-0.2, 0) is 11.2 Å². The van der Waals surface area contributed by atoms with Crippen LogP contribution < -0.4 is 10.6 Å². The first-order valence-electron chi connectivity index (χ1n) is 11.0. The van der Waals surface area contributed by atoms with Crippen LogP contribution in [0, 0.1) is 11.8 Å². The second-order valence-corrected chi connectivity index (χ2v) is 8.58. The summed E-state index contributed by atoms with van der Waals surface area (Å²) >= 11 is 0. The molecular weight excluding hydrogens is 404 g/mol. The quantitative estimate of drug-likeness (QED) is 0.667. The number of guanidine groups is 1. The van der Waals surface area contributed by atoms with Crippen LogP contribution in [0.3, 0.4) is 0 Å². The summed E-state index contributed by atoms with van der Waals surface area (Å²) in [5.41, 5.74) is 6.43. The Morgan fingerprint density at radius 1 is 1.28 bits per heavy atom. The van der Waals surface area contributed by atoms with Crippen LogP contribution in [0.25, 0.3) is 0 Å². The number of aromatic nitrogens is 1. The van der Waals surface area contributed by atoms with E-state index in [0.29, 0.717) is 12.4 Å². The Morgan fingerprint density at radius 3 is 2.91 bits per heavy atom. The molecule has 0 saturated heterocycles. The lowest BCUT2D eigenvalue weighted by Crippen LogP contribution is -2.34. The number of methoxy groups -OCH3 is 1. The number of allylic oxidation sites excluding steroid dienone is 5. The number of nitrogens with one attached hydrogen (secondary N) is 2. The molecule has 4 rings (SSSR count). The van der Waals surface area contributed by atoms with Gasteiger partial charge >= 0.3 is 0 Å². The molecule has 2 N–H and O–H groups in total. The Morgan fingerprint density at radius 2 is 2.12 bits per heavy atom. The van der Waals surface area contributed by atoms with Gasteiger partial charge in [0.25, 0.3) is 0 Å². The molecule has 0 amide bonds. The zero-order chi connectivity index (χ0) is 22.7. The third kappa shape index (κ3) is 4.96. The summed E-state index contributed by atoms with van der Waals surface area (Å²) in [6.07, 6.45) is 11.1. The maximum absolute atomic E-state index is 12.7. The van der Waals surface area contributed by atoms with Crippen molar-refractivity contribution < 1.29 is 9.50 Å². The largest absolute Gasteiger partial charge is 0.501 e. The van der Waals surface area contributed by atoms with Crippen molar-refractivity contribution in [3.8, 4) is 0 Å². The summed E-state index contributed by atoms with van der Waals surface area (Å²) in [6.45, 7) is 3.29. The summed E-state index contributed by atoms with van der Waals surface area (Å²) in [5, 5.41) is 6.74. The summed E-state index contributed by atoms with van der Waals surface area (Å²) in [5.74, 6) is 1.50.